The molecular formula is C24H30N4. The van der Waals surface area contributed by atoms with Gasteiger partial charge in [0.1, 0.15) is 11.7 Å². The number of aliphatic imine (C=N–C) groups is 1. The zero-order valence-electron chi connectivity index (χ0n) is 17.3. The van der Waals surface area contributed by atoms with Gasteiger partial charge in [0.25, 0.3) is 0 Å². The predicted octanol–water partition coefficient (Wildman–Crippen LogP) is 4.37. The fraction of sp³-hybridized carbons (Fsp3) is 0.458. The summed E-state index contributed by atoms with van der Waals surface area (Å²) < 4.78 is 0. The van der Waals surface area contributed by atoms with Crippen LogP contribution in [0.15, 0.2) is 59.0 Å². The van der Waals surface area contributed by atoms with Gasteiger partial charge in [0, 0.05) is 31.8 Å². The van der Waals surface area contributed by atoms with Gasteiger partial charge in [0.15, 0.2) is 0 Å². The van der Waals surface area contributed by atoms with Crippen LogP contribution in [0.3, 0.4) is 0 Å². The fourth-order valence-corrected chi connectivity index (χ4v) is 5.19. The molecule has 2 unspecified atom stereocenters. The lowest BCUT2D eigenvalue weighted by Gasteiger charge is -2.40. The molecule has 146 valence electrons. The molecule has 2 fully saturated rings. The highest BCUT2D eigenvalue weighted by molar-refractivity contribution is 5.92. The third kappa shape index (κ3) is 2.69. The van der Waals surface area contributed by atoms with E-state index in [4.69, 9.17) is 4.99 Å². The zero-order chi connectivity index (χ0) is 19.4. The van der Waals surface area contributed by atoms with Gasteiger partial charge in [-0.1, -0.05) is 24.8 Å². The van der Waals surface area contributed by atoms with E-state index in [2.05, 4.69) is 72.4 Å². The van der Waals surface area contributed by atoms with Crippen molar-refractivity contribution in [2.75, 3.05) is 19.6 Å². The molecule has 3 heterocycles. The molecule has 5 rings (SSSR count). The summed E-state index contributed by atoms with van der Waals surface area (Å²) in [5.41, 5.74) is 6.66. The number of allylic oxidation sites excluding steroid dienone is 3. The molecule has 4 heteroatoms. The van der Waals surface area contributed by atoms with Crippen LogP contribution in [0, 0.1) is 6.92 Å². The maximum atomic E-state index is 4.98. The Morgan fingerprint density at radius 3 is 2.86 bits per heavy atom. The lowest BCUT2D eigenvalue weighted by atomic mass is 10.0. The Balaban J connectivity index is 1.37. The topological polar surface area (TPSA) is 22.1 Å². The summed E-state index contributed by atoms with van der Waals surface area (Å²) in [4.78, 5) is 12.5. The van der Waals surface area contributed by atoms with Crippen molar-refractivity contribution in [3.8, 4) is 0 Å². The first-order valence-corrected chi connectivity index (χ1v) is 10.6. The van der Waals surface area contributed by atoms with E-state index in [0.717, 1.165) is 44.6 Å². The third-order valence-electron chi connectivity index (χ3n) is 6.85. The molecule has 4 aliphatic rings. The Morgan fingerprint density at radius 2 is 2.04 bits per heavy atom. The van der Waals surface area contributed by atoms with Crippen molar-refractivity contribution in [3.05, 3.63) is 65.1 Å². The monoisotopic (exact) mass is 374 g/mol. The fourth-order valence-electron chi connectivity index (χ4n) is 5.19. The van der Waals surface area contributed by atoms with Gasteiger partial charge in [0.05, 0.1) is 17.8 Å². The summed E-state index contributed by atoms with van der Waals surface area (Å²) in [6, 6.07) is 7.54. The van der Waals surface area contributed by atoms with Crippen LogP contribution in [0.1, 0.15) is 37.8 Å². The molecule has 0 radical (unpaired) electrons. The average Bonchev–Trinajstić information content (AvgIpc) is 3.21. The number of piperazine rings is 1. The first-order valence-electron chi connectivity index (χ1n) is 10.6. The Labute approximate surface area is 168 Å². The molecule has 1 aliphatic carbocycles. The minimum absolute atomic E-state index is 0.426. The maximum absolute atomic E-state index is 4.98. The Kier molecular flexibility index (Phi) is 4.11. The van der Waals surface area contributed by atoms with E-state index in [0.29, 0.717) is 12.1 Å². The van der Waals surface area contributed by atoms with E-state index in [9.17, 15) is 0 Å². The zero-order valence-corrected chi connectivity index (χ0v) is 17.3. The van der Waals surface area contributed by atoms with Gasteiger partial charge in [-0.15, -0.1) is 0 Å². The Hall–Kier alpha value is -2.49. The van der Waals surface area contributed by atoms with Crippen molar-refractivity contribution >= 4 is 11.5 Å². The van der Waals surface area contributed by atoms with E-state index in [-0.39, 0.29) is 0 Å². The second-order valence-electron chi connectivity index (χ2n) is 8.68. The van der Waals surface area contributed by atoms with Crippen LogP contribution in [0.2, 0.25) is 0 Å². The van der Waals surface area contributed by atoms with E-state index in [1.807, 2.05) is 0 Å². The number of rotatable bonds is 1. The normalized spacial score (nSPS) is 26.8. The van der Waals surface area contributed by atoms with Crippen LogP contribution in [-0.4, -0.2) is 52.3 Å². The number of hydrogen-bond donors (Lipinski definition) is 0. The quantitative estimate of drug-likeness (QED) is 0.729. The highest BCUT2D eigenvalue weighted by Crippen LogP contribution is 2.38. The second kappa shape index (κ2) is 6.54. The first-order chi connectivity index (χ1) is 13.5. The van der Waals surface area contributed by atoms with Gasteiger partial charge >= 0.3 is 0 Å². The van der Waals surface area contributed by atoms with Crippen LogP contribution >= 0.6 is 0 Å². The summed E-state index contributed by atoms with van der Waals surface area (Å²) >= 11 is 0. The van der Waals surface area contributed by atoms with Crippen molar-refractivity contribution in [1.82, 2.24) is 14.7 Å². The van der Waals surface area contributed by atoms with E-state index in [1.54, 1.807) is 0 Å². The van der Waals surface area contributed by atoms with Gasteiger partial charge < -0.3 is 14.7 Å². The molecule has 0 amide bonds. The van der Waals surface area contributed by atoms with Crippen molar-refractivity contribution in [2.45, 2.75) is 52.1 Å². The molecule has 0 N–H and O–H groups in total. The van der Waals surface area contributed by atoms with Crippen LogP contribution < -0.4 is 0 Å². The minimum Gasteiger partial charge on any atom is -0.356 e. The van der Waals surface area contributed by atoms with Crippen molar-refractivity contribution in [2.24, 2.45) is 4.99 Å². The number of fused-ring (bicyclic) bond motifs is 2. The highest BCUT2D eigenvalue weighted by Gasteiger charge is 2.44. The van der Waals surface area contributed by atoms with Gasteiger partial charge in [-0.2, -0.15) is 0 Å². The van der Waals surface area contributed by atoms with Crippen molar-refractivity contribution < 1.29 is 0 Å². The van der Waals surface area contributed by atoms with Crippen LogP contribution in [0.5, 0.6) is 0 Å². The molecular weight excluding hydrogens is 344 g/mol. The Morgan fingerprint density at radius 1 is 1.18 bits per heavy atom. The van der Waals surface area contributed by atoms with Crippen LogP contribution in [0.4, 0.5) is 5.69 Å². The van der Waals surface area contributed by atoms with Crippen LogP contribution in [0.25, 0.3) is 0 Å². The molecule has 4 nitrogen and oxygen atoms in total. The molecule has 2 atom stereocenters. The molecule has 0 aromatic heterocycles. The van der Waals surface area contributed by atoms with Gasteiger partial charge in [0.2, 0.25) is 0 Å². The Bertz CT molecular complexity index is 923. The molecule has 0 saturated carbocycles. The number of aryl methyl sites for hydroxylation is 1. The molecule has 3 aliphatic heterocycles. The molecule has 2 saturated heterocycles. The summed E-state index contributed by atoms with van der Waals surface area (Å²) in [6.45, 7) is 14.3. The van der Waals surface area contributed by atoms with Crippen molar-refractivity contribution in [3.63, 3.8) is 0 Å². The summed E-state index contributed by atoms with van der Waals surface area (Å²) in [5, 5.41) is 0. The molecule has 1 aromatic carbocycles. The number of amidine groups is 1. The van der Waals surface area contributed by atoms with Gasteiger partial charge in [-0.3, -0.25) is 0 Å². The number of benzene rings is 1. The van der Waals surface area contributed by atoms with Crippen molar-refractivity contribution in [1.29, 1.82) is 0 Å². The van der Waals surface area contributed by atoms with Crippen LogP contribution in [-0.2, 0) is 6.42 Å². The van der Waals surface area contributed by atoms with E-state index < -0.39 is 0 Å². The first kappa shape index (κ1) is 17.6. The molecule has 28 heavy (non-hydrogen) atoms. The maximum Gasteiger partial charge on any atom is 0.109 e. The average molecular weight is 375 g/mol. The molecule has 0 spiro atoms. The smallest absolute Gasteiger partial charge is 0.109 e. The number of nitrogens with zero attached hydrogens (tertiary/aromatic N) is 4. The standard InChI is InChI=1S/C24H30N4/c1-16-9-10-20-14-24(25-21(20)13-16)26-11-12-27-19(4)28(18(3)23(27)15-26)22-8-6-5-7-17(22)2/h6,8-10,13,18,23H,4-5,7,11-12,14-15H2,1-3H3. The number of hydrogen-bond acceptors (Lipinski definition) is 4. The van der Waals surface area contributed by atoms with E-state index >= 15 is 0 Å². The van der Waals surface area contributed by atoms with Gasteiger partial charge in [-0.05, 0) is 62.5 Å². The largest absolute Gasteiger partial charge is 0.356 e. The van der Waals surface area contributed by atoms with Gasteiger partial charge in [-0.25, -0.2) is 4.99 Å². The third-order valence-corrected chi connectivity index (χ3v) is 6.85. The highest BCUT2D eigenvalue weighted by atomic mass is 15.5. The molecule has 1 aromatic rings. The lowest BCUT2D eigenvalue weighted by molar-refractivity contribution is 0.166. The molecule has 0 bridgehead atoms. The lowest BCUT2D eigenvalue weighted by Crippen LogP contribution is -2.54. The SMILES string of the molecule is C=C1N2CCN(C3=Nc4cc(C)ccc4C3)CC2C(C)N1C1=C(C)CCC=C1. The summed E-state index contributed by atoms with van der Waals surface area (Å²) in [6.07, 6.45) is 7.89. The second-order valence-corrected chi connectivity index (χ2v) is 8.68. The summed E-state index contributed by atoms with van der Waals surface area (Å²) in [5.74, 6) is 2.41. The predicted molar refractivity (Wildman–Crippen MR) is 116 cm³/mol. The summed E-state index contributed by atoms with van der Waals surface area (Å²) in [7, 11) is 0. The van der Waals surface area contributed by atoms with E-state index in [1.165, 1.54) is 34.1 Å². The minimum atomic E-state index is 0.426.